The summed E-state index contributed by atoms with van der Waals surface area (Å²) < 4.78 is 0. The Morgan fingerprint density at radius 2 is 0.611 bits per heavy atom. The Kier molecular flexibility index (Phi) is 2.25. The molecular weight excluding hydrogens is 216 g/mol. The van der Waals surface area contributed by atoms with Crippen LogP contribution in [0, 0.1) is 47.3 Å². The highest BCUT2D eigenvalue weighted by Gasteiger charge is 2.52. The van der Waals surface area contributed by atoms with Crippen molar-refractivity contribution in [2.75, 3.05) is 0 Å². The highest BCUT2D eigenvalue weighted by atomic mass is 14.6. The van der Waals surface area contributed by atoms with Crippen LogP contribution >= 0.6 is 0 Å². The summed E-state index contributed by atoms with van der Waals surface area (Å²) in [6.07, 6.45) is 16.2. The monoisotopic (exact) mass is 244 g/mol. The van der Waals surface area contributed by atoms with Gasteiger partial charge in [-0.25, -0.2) is 0 Å². The van der Waals surface area contributed by atoms with E-state index in [0.717, 1.165) is 0 Å². The molecule has 0 N–H and O–H groups in total. The topological polar surface area (TPSA) is 0 Å². The Hall–Kier alpha value is 0. The first-order valence-corrected chi connectivity index (χ1v) is 8.90. The van der Waals surface area contributed by atoms with E-state index in [2.05, 4.69) is 0 Å². The summed E-state index contributed by atoms with van der Waals surface area (Å²) >= 11 is 0. The predicted octanol–water partition coefficient (Wildman–Crippen LogP) is 4.89. The minimum absolute atomic E-state index is 1.18. The molecule has 18 heavy (non-hydrogen) atoms. The number of hydrogen-bond donors (Lipinski definition) is 0. The van der Waals surface area contributed by atoms with E-state index in [1.54, 1.807) is 64.2 Å². The second-order valence-electron chi connectivity index (χ2n) is 8.48. The summed E-state index contributed by atoms with van der Waals surface area (Å²) in [5.41, 5.74) is 0. The largest absolute Gasteiger partial charge is 0.0499 e. The van der Waals surface area contributed by atoms with Crippen molar-refractivity contribution in [3.63, 3.8) is 0 Å². The molecule has 5 aliphatic rings. The van der Waals surface area contributed by atoms with Gasteiger partial charge < -0.3 is 0 Å². The number of hydrogen-bond acceptors (Lipinski definition) is 0. The van der Waals surface area contributed by atoms with Gasteiger partial charge in [-0.2, -0.15) is 0 Å². The van der Waals surface area contributed by atoms with Gasteiger partial charge in [-0.05, 0) is 112 Å². The molecule has 100 valence electrons. The van der Waals surface area contributed by atoms with Gasteiger partial charge in [-0.15, -0.1) is 0 Å². The van der Waals surface area contributed by atoms with Crippen LogP contribution in [0.15, 0.2) is 0 Å². The molecule has 0 heteroatoms. The predicted molar refractivity (Wildman–Crippen MR) is 74.1 cm³/mol. The van der Waals surface area contributed by atoms with Crippen LogP contribution in [-0.2, 0) is 0 Å². The average Bonchev–Trinajstić information content (AvgIpc) is 3.06. The number of fused-ring (bicyclic) bond motifs is 10. The standard InChI is InChI=1S/C18H28/c1-2-12-9-11(1)15-5-6-17-13-3-4-14(10-13)18(17)8-7-16(12)15/h11-18H,1-10H2. The Morgan fingerprint density at radius 1 is 0.333 bits per heavy atom. The molecule has 8 atom stereocenters. The van der Waals surface area contributed by atoms with Crippen molar-refractivity contribution >= 4 is 0 Å². The highest BCUT2D eigenvalue weighted by Crippen LogP contribution is 2.61. The van der Waals surface area contributed by atoms with E-state index in [1.807, 2.05) is 0 Å². The van der Waals surface area contributed by atoms with Crippen molar-refractivity contribution < 1.29 is 0 Å². The van der Waals surface area contributed by atoms with E-state index in [9.17, 15) is 0 Å². The van der Waals surface area contributed by atoms with Crippen LogP contribution in [0.4, 0.5) is 0 Å². The zero-order valence-corrected chi connectivity index (χ0v) is 11.7. The van der Waals surface area contributed by atoms with Crippen LogP contribution in [0.5, 0.6) is 0 Å². The second-order valence-corrected chi connectivity index (χ2v) is 8.48. The lowest BCUT2D eigenvalue weighted by Crippen LogP contribution is -2.31. The van der Waals surface area contributed by atoms with Crippen molar-refractivity contribution in [1.82, 2.24) is 0 Å². The van der Waals surface area contributed by atoms with Crippen molar-refractivity contribution in [3.05, 3.63) is 0 Å². The lowest BCUT2D eigenvalue weighted by Gasteiger charge is -2.40. The summed E-state index contributed by atoms with van der Waals surface area (Å²) in [6, 6.07) is 0. The first-order chi connectivity index (χ1) is 8.90. The molecule has 0 aromatic heterocycles. The Bertz CT molecular complexity index is 280. The molecule has 4 bridgehead atoms. The molecule has 5 aliphatic carbocycles. The maximum absolute atomic E-state index is 1.64. The average molecular weight is 244 g/mol. The van der Waals surface area contributed by atoms with E-state index in [4.69, 9.17) is 0 Å². The van der Waals surface area contributed by atoms with Gasteiger partial charge in [0.05, 0.1) is 0 Å². The van der Waals surface area contributed by atoms with Gasteiger partial charge in [-0.1, -0.05) is 0 Å². The van der Waals surface area contributed by atoms with Crippen molar-refractivity contribution in [2.45, 2.75) is 64.2 Å². The van der Waals surface area contributed by atoms with Crippen molar-refractivity contribution in [3.8, 4) is 0 Å². The normalized spacial score (nSPS) is 61.3. The summed E-state index contributed by atoms with van der Waals surface area (Å²) in [6.45, 7) is 0. The molecule has 5 fully saturated rings. The van der Waals surface area contributed by atoms with Crippen LogP contribution in [0.3, 0.4) is 0 Å². The maximum atomic E-state index is 1.64. The molecule has 5 rings (SSSR count). The van der Waals surface area contributed by atoms with E-state index < -0.39 is 0 Å². The zero-order valence-electron chi connectivity index (χ0n) is 11.7. The fraction of sp³-hybridized carbons (Fsp3) is 1.00. The molecule has 8 unspecified atom stereocenters. The van der Waals surface area contributed by atoms with Crippen LogP contribution in [0.25, 0.3) is 0 Å². The van der Waals surface area contributed by atoms with Crippen LogP contribution in [0.1, 0.15) is 64.2 Å². The molecule has 5 saturated carbocycles. The van der Waals surface area contributed by atoms with Gasteiger partial charge in [-0.3, -0.25) is 0 Å². The SMILES string of the molecule is C1CC2CC1C1CCC3C4CCC(C4)C3CCC21. The van der Waals surface area contributed by atoms with Gasteiger partial charge in [0.2, 0.25) is 0 Å². The molecule has 0 aromatic rings. The smallest absolute Gasteiger partial charge is 0.0355 e. The maximum Gasteiger partial charge on any atom is -0.0355 e. The summed E-state index contributed by atoms with van der Waals surface area (Å²) in [7, 11) is 0. The zero-order chi connectivity index (χ0) is 11.7. The van der Waals surface area contributed by atoms with Gasteiger partial charge in [0.1, 0.15) is 0 Å². The molecule has 0 spiro atoms. The lowest BCUT2D eigenvalue weighted by atomic mass is 9.66. The number of rotatable bonds is 0. The van der Waals surface area contributed by atoms with Gasteiger partial charge in [0.25, 0.3) is 0 Å². The van der Waals surface area contributed by atoms with E-state index in [-0.39, 0.29) is 0 Å². The molecule has 0 aliphatic heterocycles. The molecule has 0 aromatic carbocycles. The third-order valence-corrected chi connectivity index (χ3v) is 8.22. The van der Waals surface area contributed by atoms with Crippen LogP contribution in [-0.4, -0.2) is 0 Å². The van der Waals surface area contributed by atoms with Gasteiger partial charge >= 0.3 is 0 Å². The van der Waals surface area contributed by atoms with E-state index in [1.165, 1.54) is 47.3 Å². The van der Waals surface area contributed by atoms with Gasteiger partial charge in [0.15, 0.2) is 0 Å². The Balaban J connectivity index is 1.39. The van der Waals surface area contributed by atoms with Crippen molar-refractivity contribution in [1.29, 1.82) is 0 Å². The quantitative estimate of drug-likeness (QED) is 0.569. The third-order valence-electron chi connectivity index (χ3n) is 8.22. The summed E-state index contributed by atoms with van der Waals surface area (Å²) in [5, 5.41) is 0. The van der Waals surface area contributed by atoms with Gasteiger partial charge in [0, 0.05) is 0 Å². The fourth-order valence-electron chi connectivity index (χ4n) is 7.63. The van der Waals surface area contributed by atoms with E-state index >= 15 is 0 Å². The minimum atomic E-state index is 1.18. The molecule has 0 heterocycles. The lowest BCUT2D eigenvalue weighted by molar-refractivity contribution is 0.103. The molecule has 0 amide bonds. The Labute approximate surface area is 112 Å². The van der Waals surface area contributed by atoms with Crippen molar-refractivity contribution in [2.24, 2.45) is 47.3 Å². The summed E-state index contributed by atoms with van der Waals surface area (Å²) in [5.74, 6) is 9.44. The second kappa shape index (κ2) is 3.76. The highest BCUT2D eigenvalue weighted by molar-refractivity contribution is 5.02. The van der Waals surface area contributed by atoms with Crippen LogP contribution in [0.2, 0.25) is 0 Å². The Morgan fingerprint density at radius 3 is 0.889 bits per heavy atom. The molecular formula is C18H28. The first kappa shape index (κ1) is 10.7. The van der Waals surface area contributed by atoms with E-state index in [0.29, 0.717) is 0 Å². The third kappa shape index (κ3) is 1.33. The summed E-state index contributed by atoms with van der Waals surface area (Å²) in [4.78, 5) is 0. The molecule has 0 saturated heterocycles. The minimum Gasteiger partial charge on any atom is -0.0499 e. The molecule has 0 nitrogen and oxygen atoms in total. The fourth-order valence-corrected chi connectivity index (χ4v) is 7.63. The van der Waals surface area contributed by atoms with Crippen LogP contribution < -0.4 is 0 Å². The molecule has 0 radical (unpaired) electrons. The first-order valence-electron chi connectivity index (χ1n) is 8.90.